The predicted octanol–water partition coefficient (Wildman–Crippen LogP) is 3.59. The zero-order chi connectivity index (χ0) is 24.5. The molecule has 1 fully saturated rings. The number of carbonyl (C=O) groups is 3. The summed E-state index contributed by atoms with van der Waals surface area (Å²) < 4.78 is 6.04. The van der Waals surface area contributed by atoms with Gasteiger partial charge in [0.1, 0.15) is 5.60 Å². The zero-order valence-electron chi connectivity index (χ0n) is 19.4. The minimum atomic E-state index is -0.542. The first-order chi connectivity index (χ1) is 16.1. The Morgan fingerprint density at radius 2 is 2.03 bits per heavy atom. The van der Waals surface area contributed by atoms with Gasteiger partial charge in [-0.2, -0.15) is 0 Å². The molecule has 1 saturated heterocycles. The summed E-state index contributed by atoms with van der Waals surface area (Å²) in [6, 6.07) is 3.41. The first kappa shape index (κ1) is 24.9. The number of carbonyl (C=O) groups excluding carboxylic acids is 3. The van der Waals surface area contributed by atoms with Gasteiger partial charge in [0, 0.05) is 37.0 Å². The van der Waals surface area contributed by atoms with Gasteiger partial charge in [-0.25, -0.2) is 9.78 Å². The number of anilines is 1. The molecule has 0 aliphatic carbocycles. The molecule has 0 saturated carbocycles. The molecule has 12 heteroatoms. The van der Waals surface area contributed by atoms with Gasteiger partial charge < -0.3 is 20.3 Å². The molecule has 34 heavy (non-hydrogen) atoms. The van der Waals surface area contributed by atoms with Crippen molar-refractivity contribution in [3.05, 3.63) is 31.9 Å². The Kier molecular flexibility index (Phi) is 7.46. The van der Waals surface area contributed by atoms with Crippen molar-refractivity contribution < 1.29 is 19.1 Å². The Morgan fingerprint density at radius 3 is 2.74 bits per heavy atom. The van der Waals surface area contributed by atoms with Crippen LogP contribution in [0.1, 0.15) is 47.4 Å². The molecule has 2 N–H and O–H groups in total. The van der Waals surface area contributed by atoms with Gasteiger partial charge in [0.25, 0.3) is 5.91 Å². The number of ether oxygens (including phenoxy) is 1. The fourth-order valence-corrected chi connectivity index (χ4v) is 5.87. The number of amides is 3. The molecular formula is C22H28ClN5O4S2. The number of hydrogen-bond donors (Lipinski definition) is 2. The van der Waals surface area contributed by atoms with Crippen LogP contribution in [-0.2, 0) is 22.5 Å². The lowest BCUT2D eigenvalue weighted by molar-refractivity contribution is -0.117. The number of nitrogens with zero attached hydrogens (tertiary/aromatic N) is 3. The van der Waals surface area contributed by atoms with Crippen LogP contribution in [0.25, 0.3) is 0 Å². The fraction of sp³-hybridized carbons (Fsp3) is 0.545. The highest BCUT2D eigenvalue weighted by molar-refractivity contribution is 7.18. The van der Waals surface area contributed by atoms with Crippen molar-refractivity contribution in [1.82, 2.24) is 20.1 Å². The molecule has 1 unspecified atom stereocenters. The first-order valence-corrected chi connectivity index (χ1v) is 13.1. The van der Waals surface area contributed by atoms with Gasteiger partial charge >= 0.3 is 6.09 Å². The van der Waals surface area contributed by atoms with Crippen LogP contribution in [0.4, 0.5) is 9.93 Å². The summed E-state index contributed by atoms with van der Waals surface area (Å²) >= 11 is 8.54. The van der Waals surface area contributed by atoms with Crippen molar-refractivity contribution in [2.24, 2.45) is 0 Å². The normalized spacial score (nSPS) is 18.5. The Hall–Kier alpha value is -2.21. The van der Waals surface area contributed by atoms with Gasteiger partial charge in [-0.05, 0) is 39.3 Å². The Balaban J connectivity index is 1.24. The van der Waals surface area contributed by atoms with E-state index >= 15 is 0 Å². The molecule has 3 amide bonds. The standard InChI is InChI=1S/C22H28ClN5O4S2/c1-22(2,3)32-21(31)28-9-7-14-16(11-28)34-20(25-14)26-18(29)12-27-8-6-13(10-27)24-19(30)15-4-5-17(23)33-15/h4-5,13H,6-12H2,1-3H3,(H,24,30)(H,25,26,29). The summed E-state index contributed by atoms with van der Waals surface area (Å²) in [7, 11) is 0. The van der Waals surface area contributed by atoms with Crippen LogP contribution in [0.2, 0.25) is 4.34 Å². The third-order valence-electron chi connectivity index (χ3n) is 5.40. The van der Waals surface area contributed by atoms with Crippen molar-refractivity contribution in [2.45, 2.75) is 51.8 Å². The Bertz CT molecular complexity index is 1080. The van der Waals surface area contributed by atoms with Gasteiger partial charge in [-0.3, -0.25) is 14.5 Å². The summed E-state index contributed by atoms with van der Waals surface area (Å²) in [5.74, 6) is -0.283. The summed E-state index contributed by atoms with van der Waals surface area (Å²) in [5.41, 5.74) is 0.372. The molecule has 4 heterocycles. The minimum absolute atomic E-state index is 0.00723. The molecular weight excluding hydrogens is 498 g/mol. The number of thiophene rings is 1. The van der Waals surface area contributed by atoms with Gasteiger partial charge in [-0.15, -0.1) is 11.3 Å². The number of aromatic nitrogens is 1. The van der Waals surface area contributed by atoms with Gasteiger partial charge in [0.15, 0.2) is 5.13 Å². The number of likely N-dealkylation sites (tertiary alicyclic amines) is 1. The number of rotatable bonds is 5. The number of hydrogen-bond acceptors (Lipinski definition) is 8. The van der Waals surface area contributed by atoms with Gasteiger partial charge in [0.05, 0.1) is 28.0 Å². The average molecular weight is 526 g/mol. The molecule has 1 atom stereocenters. The van der Waals surface area contributed by atoms with Crippen LogP contribution in [-0.4, -0.2) is 70.5 Å². The van der Waals surface area contributed by atoms with Crippen LogP contribution in [0.5, 0.6) is 0 Å². The highest BCUT2D eigenvalue weighted by atomic mass is 35.5. The third-order valence-corrected chi connectivity index (χ3v) is 7.63. The lowest BCUT2D eigenvalue weighted by Gasteiger charge is -2.29. The largest absolute Gasteiger partial charge is 0.444 e. The molecule has 0 bridgehead atoms. The molecule has 2 aliphatic rings. The van der Waals surface area contributed by atoms with Crippen LogP contribution >= 0.6 is 34.3 Å². The van der Waals surface area contributed by atoms with Crippen molar-refractivity contribution in [3.8, 4) is 0 Å². The van der Waals surface area contributed by atoms with E-state index in [0.717, 1.165) is 23.5 Å². The quantitative estimate of drug-likeness (QED) is 0.618. The maximum Gasteiger partial charge on any atom is 0.410 e. The first-order valence-electron chi connectivity index (χ1n) is 11.1. The maximum atomic E-state index is 12.6. The smallest absolute Gasteiger partial charge is 0.410 e. The Morgan fingerprint density at radius 1 is 1.24 bits per heavy atom. The molecule has 2 aromatic heterocycles. The van der Waals surface area contributed by atoms with E-state index in [1.807, 2.05) is 25.7 Å². The van der Waals surface area contributed by atoms with E-state index in [9.17, 15) is 14.4 Å². The number of fused-ring (bicyclic) bond motifs is 1. The van der Waals surface area contributed by atoms with E-state index in [4.69, 9.17) is 16.3 Å². The molecule has 4 rings (SSSR count). The monoisotopic (exact) mass is 525 g/mol. The second kappa shape index (κ2) is 10.2. The number of halogens is 1. The molecule has 0 radical (unpaired) electrons. The van der Waals surface area contributed by atoms with Crippen LogP contribution in [0.3, 0.4) is 0 Å². The van der Waals surface area contributed by atoms with Crippen molar-refractivity contribution >= 4 is 57.3 Å². The zero-order valence-corrected chi connectivity index (χ0v) is 21.7. The summed E-state index contributed by atoms with van der Waals surface area (Å²) in [4.78, 5) is 47.0. The molecule has 184 valence electrons. The topological polar surface area (TPSA) is 104 Å². The second-order valence-corrected chi connectivity index (χ2v) is 12.2. The predicted molar refractivity (Wildman–Crippen MR) is 133 cm³/mol. The van der Waals surface area contributed by atoms with Crippen molar-refractivity contribution in [2.75, 3.05) is 31.5 Å². The summed E-state index contributed by atoms with van der Waals surface area (Å²) in [6.45, 7) is 8.06. The fourth-order valence-electron chi connectivity index (χ4n) is 3.88. The van der Waals surface area contributed by atoms with E-state index in [2.05, 4.69) is 15.6 Å². The van der Waals surface area contributed by atoms with Crippen molar-refractivity contribution in [1.29, 1.82) is 0 Å². The number of thiazole rings is 1. The van der Waals surface area contributed by atoms with Crippen LogP contribution in [0.15, 0.2) is 12.1 Å². The summed E-state index contributed by atoms with van der Waals surface area (Å²) in [6.07, 6.45) is 1.07. The van der Waals surface area contributed by atoms with E-state index in [-0.39, 0.29) is 30.5 Å². The minimum Gasteiger partial charge on any atom is -0.444 e. The molecule has 0 aromatic carbocycles. The highest BCUT2D eigenvalue weighted by Gasteiger charge is 2.29. The van der Waals surface area contributed by atoms with E-state index in [1.165, 1.54) is 22.7 Å². The van der Waals surface area contributed by atoms with Gasteiger partial charge in [0.2, 0.25) is 5.91 Å². The lowest BCUT2D eigenvalue weighted by atomic mass is 10.2. The third kappa shape index (κ3) is 6.47. The number of nitrogens with one attached hydrogen (secondary N) is 2. The van der Waals surface area contributed by atoms with Gasteiger partial charge in [-0.1, -0.05) is 22.9 Å². The molecule has 0 spiro atoms. The molecule has 2 aliphatic heterocycles. The lowest BCUT2D eigenvalue weighted by Crippen LogP contribution is -2.39. The second-order valence-electron chi connectivity index (χ2n) is 9.39. The Labute approximate surface area is 211 Å². The van der Waals surface area contributed by atoms with Crippen LogP contribution in [0, 0.1) is 0 Å². The SMILES string of the molecule is CC(C)(C)OC(=O)N1CCc2nc(NC(=O)CN3CCC(NC(=O)c4ccc(Cl)s4)C3)sc2C1. The molecule has 9 nitrogen and oxygen atoms in total. The molecule has 2 aromatic rings. The van der Waals surface area contributed by atoms with E-state index in [0.29, 0.717) is 40.4 Å². The maximum absolute atomic E-state index is 12.6. The van der Waals surface area contributed by atoms with E-state index in [1.54, 1.807) is 17.0 Å². The van der Waals surface area contributed by atoms with Crippen LogP contribution < -0.4 is 10.6 Å². The van der Waals surface area contributed by atoms with E-state index < -0.39 is 5.60 Å². The summed E-state index contributed by atoms with van der Waals surface area (Å²) in [5, 5.41) is 6.43. The van der Waals surface area contributed by atoms with Crippen molar-refractivity contribution in [3.63, 3.8) is 0 Å². The highest BCUT2D eigenvalue weighted by Crippen LogP contribution is 2.29. The average Bonchev–Trinajstić information content (AvgIpc) is 3.45.